The Balaban J connectivity index is 1.73. The van der Waals surface area contributed by atoms with Crippen molar-refractivity contribution in [3.63, 3.8) is 0 Å². The van der Waals surface area contributed by atoms with E-state index < -0.39 is 5.97 Å². The molecule has 2 aliphatic carbocycles. The van der Waals surface area contributed by atoms with E-state index in [1.54, 1.807) is 6.07 Å². The van der Waals surface area contributed by atoms with Gasteiger partial charge in [0.2, 0.25) is 11.8 Å². The van der Waals surface area contributed by atoms with Crippen molar-refractivity contribution in [1.82, 2.24) is 0 Å². The minimum Gasteiger partial charge on any atom is -0.545 e. The third-order valence-electron chi connectivity index (χ3n) is 5.27. The number of anilines is 1. The molecule has 0 N–H and O–H groups in total. The van der Waals surface area contributed by atoms with E-state index in [4.69, 9.17) is 0 Å². The number of carbonyl (C=O) groups excluding carboxylic acids is 3. The molecule has 2 bridgehead atoms. The molecule has 0 unspecified atom stereocenters. The van der Waals surface area contributed by atoms with E-state index in [-0.39, 0.29) is 29.2 Å². The van der Waals surface area contributed by atoms with Gasteiger partial charge in [-0.2, -0.15) is 0 Å². The first-order chi connectivity index (χ1) is 10.1. The summed E-state index contributed by atoms with van der Waals surface area (Å²) in [6, 6.07) is 5.87. The Morgan fingerprint density at radius 2 is 1.71 bits per heavy atom. The van der Waals surface area contributed by atoms with Gasteiger partial charge in [0.15, 0.2) is 0 Å². The molecule has 0 aromatic heterocycles. The van der Waals surface area contributed by atoms with Crippen molar-refractivity contribution in [1.29, 1.82) is 0 Å². The summed E-state index contributed by atoms with van der Waals surface area (Å²) >= 11 is 0. The number of fused-ring (bicyclic) bond motifs is 5. The lowest BCUT2D eigenvalue weighted by Crippen LogP contribution is -2.33. The van der Waals surface area contributed by atoms with Crippen LogP contribution in [0.3, 0.4) is 0 Å². The summed E-state index contributed by atoms with van der Waals surface area (Å²) in [6.45, 7) is 0. The van der Waals surface area contributed by atoms with Gasteiger partial charge in [0, 0.05) is 0 Å². The van der Waals surface area contributed by atoms with Crippen molar-refractivity contribution in [3.05, 3.63) is 29.8 Å². The molecular weight excluding hydrogens is 270 g/mol. The Morgan fingerprint density at radius 3 is 2.29 bits per heavy atom. The average Bonchev–Trinajstić information content (AvgIpc) is 3.13. The third-order valence-corrected chi connectivity index (χ3v) is 5.27. The number of hydrogen-bond donors (Lipinski definition) is 0. The van der Waals surface area contributed by atoms with Crippen molar-refractivity contribution in [2.24, 2.45) is 23.7 Å². The highest BCUT2D eigenvalue weighted by atomic mass is 16.4. The zero-order valence-corrected chi connectivity index (χ0v) is 11.3. The molecule has 1 aliphatic heterocycles. The molecular formula is C16H14NO4-. The molecule has 108 valence electrons. The highest BCUT2D eigenvalue weighted by molar-refractivity contribution is 6.22. The van der Waals surface area contributed by atoms with Gasteiger partial charge >= 0.3 is 0 Å². The highest BCUT2D eigenvalue weighted by Gasteiger charge is 2.61. The van der Waals surface area contributed by atoms with Crippen LogP contribution < -0.4 is 10.0 Å². The van der Waals surface area contributed by atoms with Crippen LogP contribution in [0.2, 0.25) is 0 Å². The van der Waals surface area contributed by atoms with E-state index in [1.165, 1.54) is 23.1 Å². The average molecular weight is 284 g/mol. The molecule has 5 heteroatoms. The zero-order chi connectivity index (χ0) is 14.7. The number of imide groups is 1. The first-order valence-corrected chi connectivity index (χ1v) is 7.27. The summed E-state index contributed by atoms with van der Waals surface area (Å²) < 4.78 is 0. The van der Waals surface area contributed by atoms with Gasteiger partial charge in [-0.3, -0.25) is 14.5 Å². The first-order valence-electron chi connectivity index (χ1n) is 7.27. The molecule has 1 saturated heterocycles. The first kappa shape index (κ1) is 12.6. The molecule has 3 aliphatic rings. The van der Waals surface area contributed by atoms with Crippen LogP contribution in [0.25, 0.3) is 0 Å². The quantitative estimate of drug-likeness (QED) is 0.744. The normalized spacial score (nSPS) is 33.6. The Kier molecular flexibility index (Phi) is 2.49. The van der Waals surface area contributed by atoms with E-state index in [0.717, 1.165) is 19.3 Å². The summed E-state index contributed by atoms with van der Waals surface area (Å²) in [5.74, 6) is -1.36. The fraction of sp³-hybridized carbons (Fsp3) is 0.438. The number of carboxylic acid groups (broad SMARTS) is 1. The van der Waals surface area contributed by atoms with E-state index >= 15 is 0 Å². The molecule has 2 amide bonds. The van der Waals surface area contributed by atoms with Gasteiger partial charge in [0.1, 0.15) is 0 Å². The maximum Gasteiger partial charge on any atom is 0.237 e. The lowest BCUT2D eigenvalue weighted by molar-refractivity contribution is -0.255. The van der Waals surface area contributed by atoms with Crippen molar-refractivity contribution in [3.8, 4) is 0 Å². The van der Waals surface area contributed by atoms with Crippen LogP contribution in [0.1, 0.15) is 29.6 Å². The SMILES string of the molecule is O=C([O-])c1cccc(N2C(=O)[C@@H]3[C@H]4CC[C@@H](C4)[C@@H]3C2=O)c1. The minimum atomic E-state index is -1.31. The number of aromatic carboxylic acids is 1. The van der Waals surface area contributed by atoms with E-state index in [1.807, 2.05) is 0 Å². The number of carboxylic acids is 1. The van der Waals surface area contributed by atoms with Crippen molar-refractivity contribution in [2.75, 3.05) is 4.90 Å². The third kappa shape index (κ3) is 1.60. The lowest BCUT2D eigenvalue weighted by atomic mass is 9.81. The highest BCUT2D eigenvalue weighted by Crippen LogP contribution is 2.56. The van der Waals surface area contributed by atoms with Gasteiger partial charge in [-0.05, 0) is 48.8 Å². The summed E-state index contributed by atoms with van der Waals surface area (Å²) in [5.41, 5.74) is 0.327. The fourth-order valence-electron chi connectivity index (χ4n) is 4.44. The lowest BCUT2D eigenvalue weighted by Gasteiger charge is -2.19. The maximum atomic E-state index is 12.6. The van der Waals surface area contributed by atoms with Crippen LogP contribution in [-0.2, 0) is 9.59 Å². The van der Waals surface area contributed by atoms with E-state index in [2.05, 4.69) is 0 Å². The monoisotopic (exact) mass is 284 g/mol. The Labute approximate surface area is 121 Å². The van der Waals surface area contributed by atoms with Gasteiger partial charge in [0.05, 0.1) is 23.5 Å². The van der Waals surface area contributed by atoms with Crippen molar-refractivity contribution < 1.29 is 19.5 Å². The summed E-state index contributed by atoms with van der Waals surface area (Å²) in [4.78, 5) is 37.4. The molecule has 0 spiro atoms. The largest absolute Gasteiger partial charge is 0.545 e. The topological polar surface area (TPSA) is 77.5 Å². The second-order valence-electron chi connectivity index (χ2n) is 6.23. The van der Waals surface area contributed by atoms with Gasteiger partial charge in [-0.25, -0.2) is 0 Å². The number of hydrogen-bond acceptors (Lipinski definition) is 4. The zero-order valence-electron chi connectivity index (χ0n) is 11.3. The van der Waals surface area contributed by atoms with Gasteiger partial charge in [-0.15, -0.1) is 0 Å². The summed E-state index contributed by atoms with van der Waals surface area (Å²) in [5, 5.41) is 10.9. The molecule has 4 atom stereocenters. The standard InChI is InChI=1S/C16H15NO4/c18-14-12-8-4-5-9(6-8)13(12)15(19)17(14)11-3-1-2-10(7-11)16(20)21/h1-3,7-9,12-13H,4-6H2,(H,20,21)/p-1/t8-,9-,12-,13+/m0/s1. The fourth-order valence-corrected chi connectivity index (χ4v) is 4.44. The Hall–Kier alpha value is -2.17. The summed E-state index contributed by atoms with van der Waals surface area (Å²) in [6.07, 6.45) is 3.04. The second-order valence-corrected chi connectivity index (χ2v) is 6.23. The Bertz CT molecular complexity index is 640. The molecule has 1 aromatic rings. The van der Waals surface area contributed by atoms with E-state index in [9.17, 15) is 19.5 Å². The molecule has 2 saturated carbocycles. The van der Waals surface area contributed by atoms with Crippen LogP contribution in [0.4, 0.5) is 5.69 Å². The Morgan fingerprint density at radius 1 is 1.10 bits per heavy atom. The van der Waals surface area contributed by atoms with Crippen LogP contribution in [0.5, 0.6) is 0 Å². The molecule has 1 heterocycles. The van der Waals surface area contributed by atoms with Crippen LogP contribution in [0, 0.1) is 23.7 Å². The van der Waals surface area contributed by atoms with Crippen LogP contribution in [-0.4, -0.2) is 17.8 Å². The van der Waals surface area contributed by atoms with Crippen molar-refractivity contribution in [2.45, 2.75) is 19.3 Å². The van der Waals surface area contributed by atoms with Crippen molar-refractivity contribution >= 4 is 23.5 Å². The molecule has 21 heavy (non-hydrogen) atoms. The summed E-state index contributed by atoms with van der Waals surface area (Å²) in [7, 11) is 0. The molecule has 1 aromatic carbocycles. The minimum absolute atomic E-state index is 0.0202. The number of nitrogens with zero attached hydrogens (tertiary/aromatic N) is 1. The predicted octanol–water partition coefficient (Wildman–Crippen LogP) is 0.586. The number of benzene rings is 1. The van der Waals surface area contributed by atoms with Gasteiger partial charge in [-0.1, -0.05) is 12.1 Å². The van der Waals surface area contributed by atoms with Gasteiger partial charge in [0.25, 0.3) is 0 Å². The molecule has 3 fully saturated rings. The molecule has 5 nitrogen and oxygen atoms in total. The van der Waals surface area contributed by atoms with E-state index in [0.29, 0.717) is 17.5 Å². The number of amides is 2. The number of rotatable bonds is 2. The molecule has 0 radical (unpaired) electrons. The smallest absolute Gasteiger partial charge is 0.237 e. The maximum absolute atomic E-state index is 12.6. The predicted molar refractivity (Wildman–Crippen MR) is 71.1 cm³/mol. The second kappa shape index (κ2) is 4.16. The molecule has 4 rings (SSSR count). The van der Waals surface area contributed by atoms with Crippen LogP contribution in [0.15, 0.2) is 24.3 Å². The van der Waals surface area contributed by atoms with Gasteiger partial charge < -0.3 is 9.90 Å². The number of carbonyl (C=O) groups is 3. The van der Waals surface area contributed by atoms with Crippen LogP contribution >= 0.6 is 0 Å².